The first-order valence-corrected chi connectivity index (χ1v) is 10.5. The van der Waals surface area contributed by atoms with Crippen molar-refractivity contribution >= 4 is 11.9 Å². The monoisotopic (exact) mass is 446 g/mol. The Labute approximate surface area is 192 Å². The van der Waals surface area contributed by atoms with Crippen molar-refractivity contribution in [1.82, 2.24) is 10.2 Å². The molecule has 0 unspecified atom stereocenters. The Balaban J connectivity index is 1.81. The molecule has 0 atom stereocenters. The highest BCUT2D eigenvalue weighted by Gasteiger charge is 2.53. The summed E-state index contributed by atoms with van der Waals surface area (Å²) < 4.78 is 16.0. The molecule has 1 heterocycles. The Morgan fingerprint density at radius 3 is 1.82 bits per heavy atom. The molecule has 1 N–H and O–H groups in total. The molecule has 4 rings (SSSR count). The number of nitrogens with one attached hydrogen (secondary N) is 1. The van der Waals surface area contributed by atoms with Crippen LogP contribution in [0.15, 0.2) is 66.7 Å². The number of ether oxygens (including phenoxy) is 3. The summed E-state index contributed by atoms with van der Waals surface area (Å²) in [5, 5.41) is 2.96. The molecule has 3 aromatic rings. The SMILES string of the molecule is COc1ccc(C2(c3ccc(OC)cc3)NC(=O)N(Cc3cc(C)ccc3OC)C2=O)cc1. The van der Waals surface area contributed by atoms with E-state index in [0.717, 1.165) is 11.1 Å². The zero-order valence-corrected chi connectivity index (χ0v) is 19.0. The number of urea groups is 1. The molecule has 3 aromatic carbocycles. The summed E-state index contributed by atoms with van der Waals surface area (Å²) in [4.78, 5) is 28.4. The van der Waals surface area contributed by atoms with Crippen molar-refractivity contribution in [3.63, 3.8) is 0 Å². The highest BCUT2D eigenvalue weighted by atomic mass is 16.5. The van der Waals surface area contributed by atoms with Gasteiger partial charge in [-0.3, -0.25) is 9.69 Å². The molecule has 0 aromatic heterocycles. The van der Waals surface area contributed by atoms with Crippen LogP contribution in [0, 0.1) is 6.92 Å². The summed E-state index contributed by atoms with van der Waals surface area (Å²) in [7, 11) is 4.72. The number of aryl methyl sites for hydroxylation is 1. The first kappa shape index (κ1) is 22.2. The molecule has 0 saturated carbocycles. The maximum absolute atomic E-state index is 14.0. The number of hydrogen-bond acceptors (Lipinski definition) is 5. The number of carbonyl (C=O) groups is 2. The van der Waals surface area contributed by atoms with E-state index < -0.39 is 11.6 Å². The van der Waals surface area contributed by atoms with Gasteiger partial charge in [-0.05, 0) is 48.4 Å². The average molecular weight is 447 g/mol. The topological polar surface area (TPSA) is 77.1 Å². The van der Waals surface area contributed by atoms with Gasteiger partial charge in [-0.15, -0.1) is 0 Å². The quantitative estimate of drug-likeness (QED) is 0.555. The number of benzene rings is 3. The lowest BCUT2D eigenvalue weighted by atomic mass is 9.82. The minimum absolute atomic E-state index is 0.0869. The van der Waals surface area contributed by atoms with Crippen LogP contribution >= 0.6 is 0 Å². The van der Waals surface area contributed by atoms with E-state index in [9.17, 15) is 9.59 Å². The minimum Gasteiger partial charge on any atom is -0.497 e. The molecule has 1 saturated heterocycles. The van der Waals surface area contributed by atoms with Gasteiger partial charge in [-0.2, -0.15) is 0 Å². The zero-order chi connectivity index (χ0) is 23.6. The van der Waals surface area contributed by atoms with E-state index in [-0.39, 0.29) is 12.5 Å². The molecule has 0 bridgehead atoms. The Hall–Kier alpha value is -4.00. The minimum atomic E-state index is -1.38. The first-order valence-electron chi connectivity index (χ1n) is 10.5. The van der Waals surface area contributed by atoms with E-state index in [2.05, 4.69) is 5.32 Å². The number of rotatable bonds is 7. The number of hydrogen-bond donors (Lipinski definition) is 1. The number of imide groups is 1. The highest BCUT2D eigenvalue weighted by Crippen LogP contribution is 2.38. The molecule has 3 amide bonds. The Kier molecular flexibility index (Phi) is 5.96. The van der Waals surface area contributed by atoms with Crippen LogP contribution in [0.2, 0.25) is 0 Å². The summed E-state index contributed by atoms with van der Waals surface area (Å²) >= 11 is 0. The van der Waals surface area contributed by atoms with E-state index in [1.165, 1.54) is 4.90 Å². The lowest BCUT2D eigenvalue weighted by Crippen LogP contribution is -2.45. The predicted molar refractivity (Wildman–Crippen MR) is 124 cm³/mol. The Bertz CT molecular complexity index is 1120. The number of amides is 3. The van der Waals surface area contributed by atoms with Crippen LogP contribution in [0.25, 0.3) is 0 Å². The lowest BCUT2D eigenvalue weighted by molar-refractivity contribution is -0.130. The van der Waals surface area contributed by atoms with Gasteiger partial charge >= 0.3 is 6.03 Å². The van der Waals surface area contributed by atoms with Gasteiger partial charge < -0.3 is 19.5 Å². The maximum Gasteiger partial charge on any atom is 0.325 e. The van der Waals surface area contributed by atoms with Crippen LogP contribution in [0.1, 0.15) is 22.3 Å². The van der Waals surface area contributed by atoms with Crippen molar-refractivity contribution in [3.05, 3.63) is 89.0 Å². The van der Waals surface area contributed by atoms with Crippen LogP contribution in [0.3, 0.4) is 0 Å². The van der Waals surface area contributed by atoms with Gasteiger partial charge in [0.25, 0.3) is 5.91 Å². The molecule has 1 aliphatic heterocycles. The van der Waals surface area contributed by atoms with Crippen LogP contribution in [-0.4, -0.2) is 38.2 Å². The third-order valence-corrected chi connectivity index (χ3v) is 5.92. The molecule has 33 heavy (non-hydrogen) atoms. The van der Waals surface area contributed by atoms with Gasteiger partial charge in [0.15, 0.2) is 5.54 Å². The summed E-state index contributed by atoms with van der Waals surface area (Å²) in [5.74, 6) is 1.56. The number of carbonyl (C=O) groups excluding carboxylic acids is 2. The first-order chi connectivity index (χ1) is 15.9. The van der Waals surface area contributed by atoms with Crippen molar-refractivity contribution in [2.75, 3.05) is 21.3 Å². The number of nitrogens with zero attached hydrogens (tertiary/aromatic N) is 1. The van der Waals surface area contributed by atoms with Crippen LogP contribution in [-0.2, 0) is 16.9 Å². The smallest absolute Gasteiger partial charge is 0.325 e. The van der Waals surface area contributed by atoms with Crippen molar-refractivity contribution in [2.24, 2.45) is 0 Å². The maximum atomic E-state index is 14.0. The van der Waals surface area contributed by atoms with Gasteiger partial charge in [-0.1, -0.05) is 42.0 Å². The largest absolute Gasteiger partial charge is 0.497 e. The van der Waals surface area contributed by atoms with E-state index in [1.807, 2.05) is 25.1 Å². The molecule has 0 aliphatic carbocycles. The molecule has 7 nitrogen and oxygen atoms in total. The van der Waals surface area contributed by atoms with E-state index in [0.29, 0.717) is 28.4 Å². The van der Waals surface area contributed by atoms with Crippen molar-refractivity contribution in [2.45, 2.75) is 19.0 Å². The molecule has 7 heteroatoms. The van der Waals surface area contributed by atoms with Crippen molar-refractivity contribution in [1.29, 1.82) is 0 Å². The van der Waals surface area contributed by atoms with Crippen molar-refractivity contribution < 1.29 is 23.8 Å². The standard InChI is InChI=1S/C26H26N2O5/c1-17-5-14-23(33-4)18(15-17)16-28-24(29)26(27-25(28)30,19-6-10-21(31-2)11-7-19)20-8-12-22(32-3)13-9-20/h5-15H,16H2,1-4H3,(H,27,30). The fraction of sp³-hybridized carbons (Fsp3) is 0.231. The average Bonchev–Trinajstić information content (AvgIpc) is 3.10. The lowest BCUT2D eigenvalue weighted by Gasteiger charge is -2.28. The van der Waals surface area contributed by atoms with Crippen molar-refractivity contribution in [3.8, 4) is 17.2 Å². The van der Waals surface area contributed by atoms with Crippen LogP contribution in [0.5, 0.6) is 17.2 Å². The Morgan fingerprint density at radius 1 is 0.788 bits per heavy atom. The molecular formula is C26H26N2O5. The summed E-state index contributed by atoms with van der Waals surface area (Å²) in [6.45, 7) is 2.04. The fourth-order valence-corrected chi connectivity index (χ4v) is 4.16. The second-order valence-corrected chi connectivity index (χ2v) is 7.84. The molecule has 0 radical (unpaired) electrons. The normalized spacial score (nSPS) is 14.7. The van der Waals surface area contributed by atoms with E-state index >= 15 is 0 Å². The molecule has 170 valence electrons. The summed E-state index contributed by atoms with van der Waals surface area (Å²) in [6.07, 6.45) is 0. The third-order valence-electron chi connectivity index (χ3n) is 5.92. The molecule has 1 aliphatic rings. The zero-order valence-electron chi connectivity index (χ0n) is 19.0. The number of methoxy groups -OCH3 is 3. The summed E-state index contributed by atoms with van der Waals surface area (Å²) in [5.41, 5.74) is 1.64. The van der Waals surface area contributed by atoms with Gasteiger partial charge in [0.2, 0.25) is 0 Å². The van der Waals surface area contributed by atoms with Gasteiger partial charge in [-0.25, -0.2) is 4.79 Å². The molecule has 1 fully saturated rings. The predicted octanol–water partition coefficient (Wildman–Crippen LogP) is 4.02. The van der Waals surface area contributed by atoms with Crippen LogP contribution < -0.4 is 19.5 Å². The van der Waals surface area contributed by atoms with Gasteiger partial charge in [0, 0.05) is 5.56 Å². The molecule has 0 spiro atoms. The van der Waals surface area contributed by atoms with Gasteiger partial charge in [0.1, 0.15) is 17.2 Å². The van der Waals surface area contributed by atoms with E-state index in [4.69, 9.17) is 14.2 Å². The van der Waals surface area contributed by atoms with Gasteiger partial charge in [0.05, 0.1) is 27.9 Å². The third kappa shape index (κ3) is 3.86. The van der Waals surface area contributed by atoms with Crippen LogP contribution in [0.4, 0.5) is 4.79 Å². The Morgan fingerprint density at radius 2 is 1.33 bits per heavy atom. The second kappa shape index (κ2) is 8.86. The van der Waals surface area contributed by atoms with E-state index in [1.54, 1.807) is 69.9 Å². The second-order valence-electron chi connectivity index (χ2n) is 7.84. The highest BCUT2D eigenvalue weighted by molar-refractivity contribution is 6.09. The molecular weight excluding hydrogens is 420 g/mol. The fourth-order valence-electron chi connectivity index (χ4n) is 4.16. The summed E-state index contributed by atoms with van der Waals surface area (Å²) in [6, 6.07) is 19.4.